The molecular weight excluding hydrogens is 156 g/mol. The van der Waals surface area contributed by atoms with Crippen LogP contribution >= 0.6 is 0 Å². The van der Waals surface area contributed by atoms with Crippen molar-refractivity contribution in [3.8, 4) is 0 Å². The van der Waals surface area contributed by atoms with E-state index in [2.05, 4.69) is 15.5 Å². The summed E-state index contributed by atoms with van der Waals surface area (Å²) in [5, 5.41) is 10.2. The fourth-order valence-corrected chi connectivity index (χ4v) is 0.728. The lowest BCUT2D eigenvalue weighted by atomic mass is 10.3. The van der Waals surface area contributed by atoms with Crippen LogP contribution in [0.25, 0.3) is 0 Å². The molecule has 0 atom stereocenters. The van der Waals surface area contributed by atoms with Crippen LogP contribution in [0.1, 0.15) is 5.56 Å². The van der Waals surface area contributed by atoms with E-state index in [0.717, 1.165) is 5.56 Å². The summed E-state index contributed by atoms with van der Waals surface area (Å²) in [4.78, 5) is 10.4. The van der Waals surface area contributed by atoms with Crippen LogP contribution in [-0.2, 0) is 4.79 Å². The van der Waals surface area contributed by atoms with Gasteiger partial charge in [0.1, 0.15) is 5.82 Å². The minimum Gasteiger partial charge on any atom is -0.368 e. The van der Waals surface area contributed by atoms with Gasteiger partial charge in [0.15, 0.2) is 0 Å². The molecule has 1 rings (SSSR count). The minimum absolute atomic E-state index is 0.0815. The van der Waals surface area contributed by atoms with Gasteiger partial charge in [-0.1, -0.05) is 0 Å². The molecule has 1 amide bonds. The SMILES string of the molecule is Cc1cnnc(NCC(N)=O)c1. The van der Waals surface area contributed by atoms with E-state index in [-0.39, 0.29) is 6.54 Å². The number of primary amides is 1. The molecule has 0 aliphatic heterocycles. The van der Waals surface area contributed by atoms with Crippen LogP contribution in [0.15, 0.2) is 12.3 Å². The van der Waals surface area contributed by atoms with Crippen molar-refractivity contribution in [2.75, 3.05) is 11.9 Å². The van der Waals surface area contributed by atoms with E-state index >= 15 is 0 Å². The number of carbonyl (C=O) groups excluding carboxylic acids is 1. The number of nitrogens with two attached hydrogens (primary N) is 1. The first-order valence-electron chi connectivity index (χ1n) is 3.50. The topological polar surface area (TPSA) is 80.9 Å². The lowest BCUT2D eigenvalue weighted by Gasteiger charge is -2.01. The van der Waals surface area contributed by atoms with E-state index in [1.807, 2.05) is 6.92 Å². The van der Waals surface area contributed by atoms with Crippen LogP contribution in [0.3, 0.4) is 0 Å². The van der Waals surface area contributed by atoms with Gasteiger partial charge in [-0.25, -0.2) is 0 Å². The summed E-state index contributed by atoms with van der Waals surface area (Å²) in [5.74, 6) is 0.145. The normalized spacial score (nSPS) is 9.42. The first kappa shape index (κ1) is 8.45. The summed E-state index contributed by atoms with van der Waals surface area (Å²) in [6, 6.07) is 1.79. The maximum absolute atomic E-state index is 10.4. The molecule has 0 bridgehead atoms. The number of amides is 1. The van der Waals surface area contributed by atoms with E-state index in [1.165, 1.54) is 0 Å². The molecule has 1 aromatic rings. The Morgan fingerprint density at radius 3 is 3.08 bits per heavy atom. The molecule has 0 aliphatic rings. The van der Waals surface area contributed by atoms with Crippen molar-refractivity contribution < 1.29 is 4.79 Å². The number of aromatic nitrogens is 2. The Labute approximate surface area is 70.0 Å². The highest BCUT2D eigenvalue weighted by molar-refractivity contribution is 5.78. The van der Waals surface area contributed by atoms with Crippen LogP contribution in [0, 0.1) is 6.92 Å². The Kier molecular flexibility index (Phi) is 2.57. The number of carbonyl (C=O) groups is 1. The van der Waals surface area contributed by atoms with Gasteiger partial charge in [0.2, 0.25) is 5.91 Å². The van der Waals surface area contributed by atoms with E-state index in [9.17, 15) is 4.79 Å². The van der Waals surface area contributed by atoms with Crippen molar-refractivity contribution in [3.05, 3.63) is 17.8 Å². The standard InChI is InChI=1S/C7H10N4O/c1-5-2-7(11-10-3-5)9-4-6(8)12/h2-3H,4H2,1H3,(H2,8,12)(H,9,11). The molecule has 64 valence electrons. The number of nitrogens with one attached hydrogen (secondary N) is 1. The van der Waals surface area contributed by atoms with Gasteiger partial charge < -0.3 is 11.1 Å². The van der Waals surface area contributed by atoms with E-state index in [1.54, 1.807) is 12.3 Å². The van der Waals surface area contributed by atoms with Crippen molar-refractivity contribution >= 4 is 11.7 Å². The number of rotatable bonds is 3. The summed E-state index contributed by atoms with van der Waals surface area (Å²) in [7, 11) is 0. The molecule has 0 aromatic carbocycles. The third-order valence-electron chi connectivity index (χ3n) is 1.23. The molecule has 1 aromatic heterocycles. The smallest absolute Gasteiger partial charge is 0.236 e. The zero-order valence-electron chi connectivity index (χ0n) is 6.74. The number of hydrogen-bond acceptors (Lipinski definition) is 4. The van der Waals surface area contributed by atoms with Crippen LogP contribution in [-0.4, -0.2) is 22.6 Å². The summed E-state index contributed by atoms with van der Waals surface area (Å²) in [6.07, 6.45) is 1.63. The summed E-state index contributed by atoms with van der Waals surface area (Å²) < 4.78 is 0. The Morgan fingerprint density at radius 2 is 2.50 bits per heavy atom. The predicted octanol–water partition coefficient (Wildman–Crippen LogP) is -0.318. The van der Waals surface area contributed by atoms with Gasteiger partial charge >= 0.3 is 0 Å². The van der Waals surface area contributed by atoms with Gasteiger partial charge in [-0.3, -0.25) is 4.79 Å². The number of hydrogen-bond donors (Lipinski definition) is 2. The number of anilines is 1. The molecule has 5 heteroatoms. The van der Waals surface area contributed by atoms with Gasteiger partial charge in [0, 0.05) is 0 Å². The van der Waals surface area contributed by atoms with Gasteiger partial charge in [0.25, 0.3) is 0 Å². The Balaban J connectivity index is 2.57. The highest BCUT2D eigenvalue weighted by atomic mass is 16.1. The van der Waals surface area contributed by atoms with Crippen molar-refractivity contribution in [2.45, 2.75) is 6.92 Å². The monoisotopic (exact) mass is 166 g/mol. The quantitative estimate of drug-likeness (QED) is 0.645. The first-order chi connectivity index (χ1) is 5.68. The maximum atomic E-state index is 10.4. The molecule has 12 heavy (non-hydrogen) atoms. The van der Waals surface area contributed by atoms with Gasteiger partial charge in [0.05, 0.1) is 12.7 Å². The third-order valence-corrected chi connectivity index (χ3v) is 1.23. The molecule has 0 saturated heterocycles. The number of nitrogens with zero attached hydrogens (tertiary/aromatic N) is 2. The molecule has 0 saturated carbocycles. The number of aryl methyl sites for hydroxylation is 1. The van der Waals surface area contributed by atoms with Crippen LogP contribution in [0.2, 0.25) is 0 Å². The average Bonchev–Trinajstić information content (AvgIpc) is 2.01. The molecule has 0 aliphatic carbocycles. The summed E-state index contributed by atoms with van der Waals surface area (Å²) >= 11 is 0. The van der Waals surface area contributed by atoms with E-state index in [4.69, 9.17) is 5.73 Å². The molecule has 0 spiro atoms. The Bertz CT molecular complexity index is 286. The fraction of sp³-hybridized carbons (Fsp3) is 0.286. The second-order valence-electron chi connectivity index (χ2n) is 2.44. The van der Waals surface area contributed by atoms with Crippen molar-refractivity contribution in [3.63, 3.8) is 0 Å². The zero-order valence-corrected chi connectivity index (χ0v) is 6.74. The van der Waals surface area contributed by atoms with Crippen molar-refractivity contribution in [2.24, 2.45) is 5.73 Å². The summed E-state index contributed by atoms with van der Waals surface area (Å²) in [6.45, 7) is 1.97. The maximum Gasteiger partial charge on any atom is 0.236 e. The molecule has 0 unspecified atom stereocenters. The van der Waals surface area contributed by atoms with Gasteiger partial charge in [-0.15, -0.1) is 5.10 Å². The van der Waals surface area contributed by atoms with Crippen LogP contribution in [0.5, 0.6) is 0 Å². The van der Waals surface area contributed by atoms with Gasteiger partial charge in [-0.2, -0.15) is 5.10 Å². The molecule has 0 radical (unpaired) electrons. The van der Waals surface area contributed by atoms with Crippen molar-refractivity contribution in [1.82, 2.24) is 10.2 Å². The molecule has 0 fully saturated rings. The highest BCUT2D eigenvalue weighted by Crippen LogP contribution is 2.01. The molecule has 1 heterocycles. The lowest BCUT2D eigenvalue weighted by molar-refractivity contribution is -0.116. The fourth-order valence-electron chi connectivity index (χ4n) is 0.728. The first-order valence-corrected chi connectivity index (χ1v) is 3.50. The van der Waals surface area contributed by atoms with Gasteiger partial charge in [-0.05, 0) is 18.6 Å². The van der Waals surface area contributed by atoms with E-state index in [0.29, 0.717) is 5.82 Å². The lowest BCUT2D eigenvalue weighted by Crippen LogP contribution is -2.22. The average molecular weight is 166 g/mol. The van der Waals surface area contributed by atoms with Crippen LogP contribution in [0.4, 0.5) is 5.82 Å². The largest absolute Gasteiger partial charge is 0.368 e. The highest BCUT2D eigenvalue weighted by Gasteiger charge is 1.96. The second-order valence-corrected chi connectivity index (χ2v) is 2.44. The third kappa shape index (κ3) is 2.53. The second kappa shape index (κ2) is 3.66. The van der Waals surface area contributed by atoms with E-state index < -0.39 is 5.91 Å². The minimum atomic E-state index is -0.418. The Hall–Kier alpha value is -1.65. The zero-order chi connectivity index (χ0) is 8.97. The van der Waals surface area contributed by atoms with Crippen molar-refractivity contribution in [1.29, 1.82) is 0 Å². The summed E-state index contributed by atoms with van der Waals surface area (Å²) in [5.41, 5.74) is 5.91. The Morgan fingerprint density at radius 1 is 1.75 bits per heavy atom. The molecular formula is C7H10N4O. The molecule has 3 N–H and O–H groups in total. The predicted molar refractivity (Wildman–Crippen MR) is 44.5 cm³/mol. The van der Waals surface area contributed by atoms with Crippen LogP contribution < -0.4 is 11.1 Å². The molecule has 5 nitrogen and oxygen atoms in total.